The largest absolute Gasteiger partial charge is 0.481 e. The van der Waals surface area contributed by atoms with Crippen molar-refractivity contribution in [2.24, 2.45) is 17.8 Å². The topological polar surface area (TPSA) is 57.6 Å². The van der Waals surface area contributed by atoms with E-state index in [4.69, 9.17) is 0 Å². The molecule has 1 N–H and O–H groups in total. The summed E-state index contributed by atoms with van der Waals surface area (Å²) in [5.41, 5.74) is 1.90. The number of carbonyl (C=O) groups is 2. The maximum atomic E-state index is 12.6. The summed E-state index contributed by atoms with van der Waals surface area (Å²) in [6, 6.07) is 7.74. The number of carboxylic acid groups (broad SMARTS) is 1. The van der Waals surface area contributed by atoms with Crippen LogP contribution in [0.5, 0.6) is 0 Å². The van der Waals surface area contributed by atoms with Gasteiger partial charge in [-0.3, -0.25) is 9.59 Å². The van der Waals surface area contributed by atoms with Crippen LogP contribution in [0.25, 0.3) is 0 Å². The molecular formula is C18H23NO3. The average Bonchev–Trinajstić information content (AvgIpc) is 3.26. The lowest BCUT2D eigenvalue weighted by Crippen LogP contribution is -2.29. The van der Waals surface area contributed by atoms with Gasteiger partial charge in [-0.05, 0) is 48.8 Å². The minimum Gasteiger partial charge on any atom is -0.481 e. The first-order valence-corrected chi connectivity index (χ1v) is 8.21. The number of rotatable bonds is 5. The molecule has 1 heterocycles. The van der Waals surface area contributed by atoms with E-state index in [1.165, 1.54) is 5.56 Å². The Bertz CT molecular complexity index is 562. The molecule has 22 heavy (non-hydrogen) atoms. The van der Waals surface area contributed by atoms with Crippen LogP contribution in [0.15, 0.2) is 24.3 Å². The molecule has 0 bridgehead atoms. The highest BCUT2D eigenvalue weighted by atomic mass is 16.4. The van der Waals surface area contributed by atoms with E-state index in [0.717, 1.165) is 25.7 Å². The number of likely N-dealkylation sites (tertiary alicyclic amines) is 1. The summed E-state index contributed by atoms with van der Waals surface area (Å²) in [7, 11) is 0. The van der Waals surface area contributed by atoms with E-state index in [-0.39, 0.29) is 11.8 Å². The summed E-state index contributed by atoms with van der Waals surface area (Å²) in [5, 5.41) is 9.39. The number of benzene rings is 1. The highest BCUT2D eigenvalue weighted by Gasteiger charge is 2.46. The molecule has 1 aromatic carbocycles. The lowest BCUT2D eigenvalue weighted by molar-refractivity contribution is -0.142. The van der Waals surface area contributed by atoms with Gasteiger partial charge in [0.05, 0.1) is 5.92 Å². The minimum absolute atomic E-state index is 0.0301. The summed E-state index contributed by atoms with van der Waals surface area (Å²) in [6.45, 7) is 3.08. The van der Waals surface area contributed by atoms with Crippen LogP contribution in [0.3, 0.4) is 0 Å². The lowest BCUT2D eigenvalue weighted by Gasteiger charge is -2.16. The highest BCUT2D eigenvalue weighted by molar-refractivity contribution is 5.95. The molecular weight excluding hydrogens is 278 g/mol. The van der Waals surface area contributed by atoms with E-state index in [1.54, 1.807) is 4.90 Å². The Hall–Kier alpha value is -1.84. The zero-order valence-electron chi connectivity index (χ0n) is 13.0. The van der Waals surface area contributed by atoms with Crippen molar-refractivity contribution in [3.05, 3.63) is 35.4 Å². The second-order valence-corrected chi connectivity index (χ2v) is 6.60. The molecule has 1 saturated heterocycles. The van der Waals surface area contributed by atoms with Crippen LogP contribution in [0.4, 0.5) is 0 Å². The zero-order chi connectivity index (χ0) is 15.7. The molecule has 2 aliphatic rings. The van der Waals surface area contributed by atoms with E-state index in [0.29, 0.717) is 24.6 Å². The summed E-state index contributed by atoms with van der Waals surface area (Å²) in [6.07, 6.45) is 4.33. The molecule has 1 saturated carbocycles. The molecule has 0 spiro atoms. The van der Waals surface area contributed by atoms with E-state index in [1.807, 2.05) is 24.3 Å². The van der Waals surface area contributed by atoms with Gasteiger partial charge in [0.15, 0.2) is 0 Å². The first-order valence-electron chi connectivity index (χ1n) is 8.21. The lowest BCUT2D eigenvalue weighted by atomic mass is 9.92. The average molecular weight is 301 g/mol. The van der Waals surface area contributed by atoms with Gasteiger partial charge in [0.1, 0.15) is 0 Å². The van der Waals surface area contributed by atoms with Crippen LogP contribution in [-0.4, -0.2) is 35.0 Å². The Labute approximate surface area is 131 Å². The standard InChI is InChI=1S/C18H23NO3/c1-2-3-12-4-6-14(7-5-12)17(20)19-10-15(13-8-9-13)16(11-19)18(21)22/h4-7,13,15-16H,2-3,8-11H2,1H3,(H,21,22)/t15-,16+/m1/s1. The molecule has 0 aromatic heterocycles. The Morgan fingerprint density at radius 1 is 1.18 bits per heavy atom. The van der Waals surface area contributed by atoms with Gasteiger partial charge in [0, 0.05) is 18.7 Å². The fourth-order valence-corrected chi connectivity index (χ4v) is 3.54. The molecule has 118 valence electrons. The molecule has 0 unspecified atom stereocenters. The summed E-state index contributed by atoms with van der Waals surface area (Å²) in [5.74, 6) is -0.537. The van der Waals surface area contributed by atoms with Crippen LogP contribution in [0.1, 0.15) is 42.1 Å². The molecule has 1 aliphatic carbocycles. The number of hydrogen-bond donors (Lipinski definition) is 1. The van der Waals surface area contributed by atoms with Crippen molar-refractivity contribution in [1.82, 2.24) is 4.90 Å². The van der Waals surface area contributed by atoms with Crippen LogP contribution >= 0.6 is 0 Å². The molecule has 2 fully saturated rings. The van der Waals surface area contributed by atoms with E-state index in [2.05, 4.69) is 6.92 Å². The van der Waals surface area contributed by atoms with Crippen molar-refractivity contribution in [2.45, 2.75) is 32.6 Å². The molecule has 0 radical (unpaired) electrons. The second kappa shape index (κ2) is 6.11. The van der Waals surface area contributed by atoms with Crippen LogP contribution in [-0.2, 0) is 11.2 Å². The van der Waals surface area contributed by atoms with E-state index < -0.39 is 11.9 Å². The monoisotopic (exact) mass is 301 g/mol. The number of carbonyl (C=O) groups excluding carboxylic acids is 1. The van der Waals surface area contributed by atoms with E-state index >= 15 is 0 Å². The van der Waals surface area contributed by atoms with Crippen molar-refractivity contribution in [1.29, 1.82) is 0 Å². The molecule has 4 nitrogen and oxygen atoms in total. The fourth-order valence-electron chi connectivity index (χ4n) is 3.54. The first-order chi connectivity index (χ1) is 10.6. The predicted molar refractivity (Wildman–Crippen MR) is 83.7 cm³/mol. The third kappa shape index (κ3) is 3.01. The number of amides is 1. The Morgan fingerprint density at radius 2 is 1.86 bits per heavy atom. The van der Waals surface area contributed by atoms with Gasteiger partial charge >= 0.3 is 5.97 Å². The van der Waals surface area contributed by atoms with Crippen LogP contribution in [0, 0.1) is 17.8 Å². The number of hydrogen-bond acceptors (Lipinski definition) is 2. The predicted octanol–water partition coefficient (Wildman–Crippen LogP) is 2.82. The molecule has 1 aromatic rings. The SMILES string of the molecule is CCCc1ccc(C(=O)N2C[C@H](C(=O)O)[C@@H](C3CC3)C2)cc1. The van der Waals surface area contributed by atoms with Gasteiger partial charge < -0.3 is 10.0 Å². The van der Waals surface area contributed by atoms with Crippen molar-refractivity contribution in [3.63, 3.8) is 0 Å². The maximum absolute atomic E-state index is 12.6. The van der Waals surface area contributed by atoms with Gasteiger partial charge in [0.2, 0.25) is 0 Å². The molecule has 2 atom stereocenters. The number of nitrogens with zero attached hydrogens (tertiary/aromatic N) is 1. The van der Waals surface area contributed by atoms with Crippen molar-refractivity contribution in [3.8, 4) is 0 Å². The van der Waals surface area contributed by atoms with Crippen LogP contribution in [0.2, 0.25) is 0 Å². The number of carboxylic acids is 1. The number of aliphatic carboxylic acids is 1. The van der Waals surface area contributed by atoms with E-state index in [9.17, 15) is 14.7 Å². The minimum atomic E-state index is -0.759. The summed E-state index contributed by atoms with van der Waals surface area (Å²) in [4.78, 5) is 25.8. The third-order valence-electron chi connectivity index (χ3n) is 4.94. The number of aryl methyl sites for hydroxylation is 1. The van der Waals surface area contributed by atoms with Crippen molar-refractivity contribution >= 4 is 11.9 Å². The van der Waals surface area contributed by atoms with Gasteiger partial charge in [-0.2, -0.15) is 0 Å². The zero-order valence-corrected chi connectivity index (χ0v) is 13.0. The van der Waals surface area contributed by atoms with Gasteiger partial charge in [-0.15, -0.1) is 0 Å². The van der Waals surface area contributed by atoms with Gasteiger partial charge in [-0.25, -0.2) is 0 Å². The molecule has 1 amide bonds. The quantitative estimate of drug-likeness (QED) is 0.910. The Balaban J connectivity index is 1.70. The van der Waals surface area contributed by atoms with Crippen LogP contribution < -0.4 is 0 Å². The third-order valence-corrected chi connectivity index (χ3v) is 4.94. The fraction of sp³-hybridized carbons (Fsp3) is 0.556. The van der Waals surface area contributed by atoms with Gasteiger partial charge in [0.25, 0.3) is 5.91 Å². The maximum Gasteiger partial charge on any atom is 0.308 e. The Kier molecular flexibility index (Phi) is 4.19. The summed E-state index contributed by atoms with van der Waals surface area (Å²) >= 11 is 0. The molecule has 4 heteroatoms. The second-order valence-electron chi connectivity index (χ2n) is 6.60. The first kappa shape index (κ1) is 15.1. The smallest absolute Gasteiger partial charge is 0.308 e. The Morgan fingerprint density at radius 3 is 2.41 bits per heavy atom. The normalized spacial score (nSPS) is 24.5. The van der Waals surface area contributed by atoms with Crippen molar-refractivity contribution in [2.75, 3.05) is 13.1 Å². The molecule has 1 aliphatic heterocycles. The molecule has 3 rings (SSSR count). The van der Waals surface area contributed by atoms with Crippen molar-refractivity contribution < 1.29 is 14.7 Å². The van der Waals surface area contributed by atoms with Gasteiger partial charge in [-0.1, -0.05) is 25.5 Å². The highest BCUT2D eigenvalue weighted by Crippen LogP contribution is 2.44. The summed E-state index contributed by atoms with van der Waals surface area (Å²) < 4.78 is 0.